The lowest BCUT2D eigenvalue weighted by atomic mass is 9.75. The summed E-state index contributed by atoms with van der Waals surface area (Å²) < 4.78 is 42.7. The molecule has 3 heterocycles. The number of likely N-dealkylation sites (tertiary alicyclic amines) is 1. The lowest BCUT2D eigenvalue weighted by Crippen LogP contribution is -2.59. The van der Waals surface area contributed by atoms with Gasteiger partial charge in [0.2, 0.25) is 11.8 Å². The molecule has 40 heavy (non-hydrogen) atoms. The first-order valence-corrected chi connectivity index (χ1v) is 14.0. The van der Waals surface area contributed by atoms with Gasteiger partial charge in [-0.3, -0.25) is 24.2 Å². The third kappa shape index (κ3) is 5.54. The number of imide groups is 1. The van der Waals surface area contributed by atoms with Crippen LogP contribution in [0.25, 0.3) is 0 Å². The molecule has 5 atom stereocenters. The van der Waals surface area contributed by atoms with Crippen LogP contribution in [0.1, 0.15) is 58.1 Å². The topological polar surface area (TPSA) is 113 Å². The summed E-state index contributed by atoms with van der Waals surface area (Å²) >= 11 is 1.76. The van der Waals surface area contributed by atoms with Gasteiger partial charge in [-0.25, -0.2) is 4.79 Å². The fourth-order valence-corrected chi connectivity index (χ4v) is 7.00. The molecule has 2 amide bonds. The van der Waals surface area contributed by atoms with Gasteiger partial charge in [0, 0.05) is 22.7 Å². The first-order valence-electron chi connectivity index (χ1n) is 13.1. The molecule has 13 heteroatoms. The summed E-state index contributed by atoms with van der Waals surface area (Å²) in [6, 6.07) is 5.68. The second kappa shape index (κ2) is 12.4. The lowest BCUT2D eigenvalue weighted by Gasteiger charge is -2.44. The number of carboxylic acids is 1. The van der Waals surface area contributed by atoms with E-state index >= 15 is 0 Å². The molecule has 0 aromatic heterocycles. The van der Waals surface area contributed by atoms with Gasteiger partial charge in [0.05, 0.1) is 26.1 Å². The number of hydrogen-bond donors (Lipinski definition) is 1. The number of amides is 2. The highest BCUT2D eigenvalue weighted by Gasteiger charge is 2.72. The largest absolute Gasteiger partial charge is 0.496 e. The van der Waals surface area contributed by atoms with Gasteiger partial charge in [0.1, 0.15) is 11.3 Å². The predicted octanol–water partition coefficient (Wildman–Crippen LogP) is 4.29. The van der Waals surface area contributed by atoms with Gasteiger partial charge in [0.15, 0.2) is 0 Å². The zero-order valence-corrected chi connectivity index (χ0v) is 23.9. The van der Waals surface area contributed by atoms with Gasteiger partial charge in [-0.05, 0) is 56.8 Å². The van der Waals surface area contributed by atoms with Crippen LogP contribution in [0.15, 0.2) is 23.1 Å². The van der Waals surface area contributed by atoms with Crippen molar-refractivity contribution in [2.24, 2.45) is 11.8 Å². The van der Waals surface area contributed by atoms with E-state index < -0.39 is 35.5 Å². The molecule has 222 valence electrons. The molecular formula is C27H35F3N2O7S. The molecule has 0 spiro atoms. The van der Waals surface area contributed by atoms with Gasteiger partial charge in [-0.15, -0.1) is 11.8 Å². The van der Waals surface area contributed by atoms with Crippen LogP contribution in [0, 0.1) is 11.8 Å². The lowest BCUT2D eigenvalue weighted by molar-refractivity contribution is -0.192. The van der Waals surface area contributed by atoms with E-state index in [1.807, 2.05) is 18.2 Å². The number of methoxy groups -OCH3 is 2. The van der Waals surface area contributed by atoms with Gasteiger partial charge < -0.3 is 14.6 Å². The predicted molar refractivity (Wildman–Crippen MR) is 140 cm³/mol. The van der Waals surface area contributed by atoms with E-state index in [4.69, 9.17) is 19.4 Å². The number of halogens is 3. The van der Waals surface area contributed by atoms with Crippen LogP contribution >= 0.6 is 11.8 Å². The summed E-state index contributed by atoms with van der Waals surface area (Å²) in [7, 11) is 3.02. The fourth-order valence-electron chi connectivity index (χ4n) is 5.99. The third-order valence-electron chi connectivity index (χ3n) is 7.88. The molecule has 0 bridgehead atoms. The smallest absolute Gasteiger partial charge is 0.490 e. The maximum absolute atomic E-state index is 13.5. The van der Waals surface area contributed by atoms with Crippen molar-refractivity contribution in [1.82, 2.24) is 9.80 Å². The number of alkyl halides is 3. The average Bonchev–Trinajstić information content (AvgIpc) is 3.37. The van der Waals surface area contributed by atoms with E-state index in [1.54, 1.807) is 25.8 Å². The van der Waals surface area contributed by atoms with E-state index in [9.17, 15) is 27.6 Å². The van der Waals surface area contributed by atoms with Crippen LogP contribution in [0.4, 0.5) is 13.2 Å². The molecule has 3 aliphatic heterocycles. The van der Waals surface area contributed by atoms with Crippen LogP contribution < -0.4 is 4.74 Å². The van der Waals surface area contributed by atoms with E-state index in [1.165, 1.54) is 12.0 Å². The maximum atomic E-state index is 13.5. The van der Waals surface area contributed by atoms with Gasteiger partial charge in [-0.2, -0.15) is 13.2 Å². The maximum Gasteiger partial charge on any atom is 0.490 e. The summed E-state index contributed by atoms with van der Waals surface area (Å²) in [5.41, 5.74) is -0.196. The van der Waals surface area contributed by atoms with Crippen molar-refractivity contribution in [1.29, 1.82) is 0 Å². The highest BCUT2D eigenvalue weighted by molar-refractivity contribution is 8.00. The van der Waals surface area contributed by atoms with Gasteiger partial charge in [0.25, 0.3) is 0 Å². The average molecular weight is 589 g/mol. The number of ether oxygens (including phenoxy) is 2. The standard InChI is InChI=1S/C25H34N2O5S.C2HF3O2/c1-6-15(3)33-18-11-10-16(14-17(18)31-4)21-19-20(23(29)26(7-2)22(19)28)25(24(30)32-5)12-8-9-13-27(21)25;3-2(4,5)1(6)7/h10-11,14-15,19-21H,6-9,12-13H2,1-5H3;(H,6,7)/t15?,19?,20?,21?,25-;/m0./s1. The first kappa shape index (κ1) is 31.7. The van der Waals surface area contributed by atoms with Crippen molar-refractivity contribution in [3.8, 4) is 5.75 Å². The number of nitrogens with zero attached hydrogens (tertiary/aromatic N) is 2. The second-order valence-corrected chi connectivity index (χ2v) is 11.5. The van der Waals surface area contributed by atoms with Crippen LogP contribution in [0.3, 0.4) is 0 Å². The van der Waals surface area contributed by atoms with Crippen molar-refractivity contribution in [2.45, 2.75) is 74.4 Å². The van der Waals surface area contributed by atoms with Crippen molar-refractivity contribution in [3.05, 3.63) is 23.8 Å². The Kier molecular flexibility index (Phi) is 9.82. The first-order chi connectivity index (χ1) is 18.8. The van der Waals surface area contributed by atoms with Gasteiger partial charge >= 0.3 is 18.1 Å². The number of piperidine rings is 1. The van der Waals surface area contributed by atoms with Gasteiger partial charge in [-0.1, -0.05) is 19.9 Å². The van der Waals surface area contributed by atoms with Crippen molar-refractivity contribution in [3.63, 3.8) is 0 Å². The Labute approximate surface area is 235 Å². The number of esters is 1. The van der Waals surface area contributed by atoms with E-state index in [-0.39, 0.29) is 17.9 Å². The molecule has 3 fully saturated rings. The summed E-state index contributed by atoms with van der Waals surface area (Å²) in [6.45, 7) is 7.09. The highest BCUT2D eigenvalue weighted by Crippen LogP contribution is 2.58. The monoisotopic (exact) mass is 588 g/mol. The zero-order chi connectivity index (χ0) is 30.0. The minimum atomic E-state index is -5.08. The normalized spacial score (nSPS) is 26.9. The number of aliphatic carboxylic acids is 1. The Morgan fingerprint density at radius 1 is 1.18 bits per heavy atom. The number of carbonyl (C=O) groups excluding carboxylic acids is 3. The minimum Gasteiger partial charge on any atom is -0.496 e. The Morgan fingerprint density at radius 3 is 2.35 bits per heavy atom. The number of fused-ring (bicyclic) bond motifs is 3. The summed E-state index contributed by atoms with van der Waals surface area (Å²) in [5.74, 6) is -4.17. The Balaban J connectivity index is 0.000000559. The molecule has 3 aliphatic rings. The van der Waals surface area contributed by atoms with Crippen LogP contribution in [0.2, 0.25) is 0 Å². The summed E-state index contributed by atoms with van der Waals surface area (Å²) in [4.78, 5) is 53.6. The molecular weight excluding hydrogens is 553 g/mol. The summed E-state index contributed by atoms with van der Waals surface area (Å²) in [5, 5.41) is 7.57. The van der Waals surface area contributed by atoms with Crippen LogP contribution in [-0.2, 0) is 23.9 Å². The number of benzene rings is 1. The number of carboxylic acid groups (broad SMARTS) is 1. The molecule has 1 N–H and O–H groups in total. The van der Waals surface area contributed by atoms with Crippen LogP contribution in [-0.4, -0.2) is 82.9 Å². The second-order valence-electron chi connectivity index (χ2n) is 9.99. The molecule has 3 saturated heterocycles. The molecule has 1 aromatic carbocycles. The highest BCUT2D eigenvalue weighted by atomic mass is 32.2. The Bertz CT molecular complexity index is 1150. The fraction of sp³-hybridized carbons (Fsp3) is 0.630. The van der Waals surface area contributed by atoms with E-state index in [2.05, 4.69) is 18.7 Å². The van der Waals surface area contributed by atoms with Crippen LogP contribution in [0.5, 0.6) is 5.75 Å². The number of hydrogen-bond acceptors (Lipinski definition) is 8. The molecule has 0 saturated carbocycles. The number of rotatable bonds is 7. The molecule has 9 nitrogen and oxygen atoms in total. The number of carbonyl (C=O) groups is 4. The summed E-state index contributed by atoms with van der Waals surface area (Å²) in [6.07, 6.45) is -1.79. The Hall–Kier alpha value is -2.80. The Morgan fingerprint density at radius 2 is 1.82 bits per heavy atom. The third-order valence-corrected chi connectivity index (χ3v) is 9.21. The molecule has 4 rings (SSSR count). The quantitative estimate of drug-likeness (QED) is 0.283. The van der Waals surface area contributed by atoms with E-state index in [0.29, 0.717) is 24.8 Å². The minimum absolute atomic E-state index is 0.188. The molecule has 4 unspecified atom stereocenters. The number of thioether (sulfide) groups is 1. The van der Waals surface area contributed by atoms with Crippen molar-refractivity contribution in [2.75, 3.05) is 27.3 Å². The van der Waals surface area contributed by atoms with Crippen molar-refractivity contribution >= 4 is 35.5 Å². The zero-order valence-electron chi connectivity index (χ0n) is 23.1. The molecule has 0 radical (unpaired) electrons. The van der Waals surface area contributed by atoms with Crippen molar-refractivity contribution < 1.29 is 46.9 Å². The molecule has 0 aliphatic carbocycles. The van der Waals surface area contributed by atoms with E-state index in [0.717, 1.165) is 35.5 Å². The molecule has 1 aromatic rings. The SMILES string of the molecule is CCC(C)Sc1ccc(C2C3C(=O)N(CC)C(=O)C3[C@]3(C(=O)OC)CCCCN23)cc1OC.O=C(O)C(F)(F)F.